The number of piperidine rings is 1. The summed E-state index contributed by atoms with van der Waals surface area (Å²) in [6.07, 6.45) is 3.61. The maximum atomic E-state index is 6.36. The van der Waals surface area contributed by atoms with Gasteiger partial charge in [0.05, 0.1) is 16.8 Å². The third kappa shape index (κ3) is 3.84. The lowest BCUT2D eigenvalue weighted by Gasteiger charge is -2.34. The molecule has 0 bridgehead atoms. The van der Waals surface area contributed by atoms with Crippen LogP contribution in [-0.4, -0.2) is 30.8 Å². The first-order valence-electron chi connectivity index (χ1n) is 7.07. The summed E-state index contributed by atoms with van der Waals surface area (Å²) in [4.78, 5) is 2.66. The predicted octanol–water partition coefficient (Wildman–Crippen LogP) is 3.37. The fourth-order valence-corrected chi connectivity index (χ4v) is 2.92. The van der Waals surface area contributed by atoms with Gasteiger partial charge in [-0.25, -0.2) is 0 Å². The van der Waals surface area contributed by atoms with E-state index in [-0.39, 0.29) is 0 Å². The lowest BCUT2D eigenvalue weighted by Crippen LogP contribution is -2.40. The van der Waals surface area contributed by atoms with Gasteiger partial charge in [0.2, 0.25) is 0 Å². The molecule has 0 spiro atoms. The molecule has 3 nitrogen and oxygen atoms in total. The van der Waals surface area contributed by atoms with Crippen LogP contribution in [0.1, 0.15) is 31.7 Å². The molecular formula is C15H21ClN2OS. The quantitative estimate of drug-likeness (QED) is 0.846. The molecule has 1 aromatic carbocycles. The van der Waals surface area contributed by atoms with Crippen molar-refractivity contribution in [2.75, 3.05) is 24.6 Å². The molecule has 2 N–H and O–H groups in total. The monoisotopic (exact) mass is 312 g/mol. The minimum Gasteiger partial charge on any atom is -0.389 e. The van der Waals surface area contributed by atoms with Gasteiger partial charge in [0.15, 0.2) is 0 Å². The Morgan fingerprint density at radius 1 is 1.55 bits per heavy atom. The smallest absolute Gasteiger partial charge is 0.104 e. The van der Waals surface area contributed by atoms with Crippen LogP contribution >= 0.6 is 23.8 Å². The highest BCUT2D eigenvalue weighted by Crippen LogP contribution is 2.29. The first-order chi connectivity index (χ1) is 9.61. The highest BCUT2D eigenvalue weighted by molar-refractivity contribution is 7.80. The molecule has 1 aliphatic rings. The second-order valence-electron chi connectivity index (χ2n) is 5.11. The first-order valence-corrected chi connectivity index (χ1v) is 7.86. The Morgan fingerprint density at radius 2 is 2.35 bits per heavy atom. The molecule has 20 heavy (non-hydrogen) atoms. The third-order valence-corrected chi connectivity index (χ3v) is 4.05. The van der Waals surface area contributed by atoms with Crippen LogP contribution in [0, 0.1) is 0 Å². The summed E-state index contributed by atoms with van der Waals surface area (Å²) in [6.45, 7) is 4.86. The number of rotatable bonds is 5. The van der Waals surface area contributed by atoms with Crippen molar-refractivity contribution in [3.63, 3.8) is 0 Å². The third-order valence-electron chi connectivity index (χ3n) is 3.51. The number of hydrogen-bond acceptors (Lipinski definition) is 3. The molecule has 0 saturated carbocycles. The number of halogens is 1. The van der Waals surface area contributed by atoms with Crippen LogP contribution in [0.4, 0.5) is 5.69 Å². The Hall–Kier alpha value is -0.840. The summed E-state index contributed by atoms with van der Waals surface area (Å²) in [6, 6.07) is 5.77. The zero-order chi connectivity index (χ0) is 14.5. The zero-order valence-corrected chi connectivity index (χ0v) is 13.3. The van der Waals surface area contributed by atoms with Gasteiger partial charge >= 0.3 is 0 Å². The van der Waals surface area contributed by atoms with E-state index >= 15 is 0 Å². The number of hydrogen-bond donors (Lipinski definition) is 1. The van der Waals surface area contributed by atoms with Gasteiger partial charge in [0.1, 0.15) is 4.99 Å². The van der Waals surface area contributed by atoms with Gasteiger partial charge in [-0.05, 0) is 37.5 Å². The van der Waals surface area contributed by atoms with E-state index in [0.29, 0.717) is 16.1 Å². The van der Waals surface area contributed by atoms with Crippen molar-refractivity contribution in [3.8, 4) is 0 Å². The molecule has 1 atom stereocenters. The van der Waals surface area contributed by atoms with E-state index < -0.39 is 0 Å². The predicted molar refractivity (Wildman–Crippen MR) is 88.8 cm³/mol. The van der Waals surface area contributed by atoms with E-state index in [1.807, 2.05) is 18.2 Å². The second-order valence-corrected chi connectivity index (χ2v) is 5.96. The number of nitrogens with two attached hydrogens (primary N) is 1. The molecule has 1 aliphatic heterocycles. The van der Waals surface area contributed by atoms with Gasteiger partial charge in [0.25, 0.3) is 0 Å². The maximum Gasteiger partial charge on any atom is 0.104 e. The molecule has 1 fully saturated rings. The summed E-state index contributed by atoms with van der Waals surface area (Å²) < 4.78 is 5.86. The summed E-state index contributed by atoms with van der Waals surface area (Å²) in [7, 11) is 0. The topological polar surface area (TPSA) is 38.5 Å². The van der Waals surface area contributed by atoms with Crippen LogP contribution in [0.15, 0.2) is 18.2 Å². The molecule has 1 heterocycles. The number of thiocarbonyl (C=S) groups is 1. The Morgan fingerprint density at radius 3 is 3.00 bits per heavy atom. The van der Waals surface area contributed by atoms with E-state index in [2.05, 4.69) is 11.8 Å². The highest BCUT2D eigenvalue weighted by Gasteiger charge is 2.22. The summed E-state index contributed by atoms with van der Waals surface area (Å²) >= 11 is 11.3. The first kappa shape index (κ1) is 15.5. The van der Waals surface area contributed by atoms with E-state index in [1.54, 1.807) is 0 Å². The van der Waals surface area contributed by atoms with Gasteiger partial charge in [-0.3, -0.25) is 0 Å². The van der Waals surface area contributed by atoms with E-state index in [1.165, 1.54) is 0 Å². The Balaban J connectivity index is 2.08. The number of anilines is 1. The minimum absolute atomic E-state index is 0.301. The number of nitrogens with zero attached hydrogens (tertiary/aromatic N) is 1. The Labute approximate surface area is 131 Å². The van der Waals surface area contributed by atoms with Crippen LogP contribution in [0.5, 0.6) is 0 Å². The molecular weight excluding hydrogens is 292 g/mol. The van der Waals surface area contributed by atoms with Crippen LogP contribution < -0.4 is 10.6 Å². The van der Waals surface area contributed by atoms with Crippen LogP contribution in [0.25, 0.3) is 0 Å². The zero-order valence-electron chi connectivity index (χ0n) is 11.8. The van der Waals surface area contributed by atoms with Crippen molar-refractivity contribution in [1.29, 1.82) is 0 Å². The van der Waals surface area contributed by atoms with Gasteiger partial charge in [-0.1, -0.05) is 30.7 Å². The summed E-state index contributed by atoms with van der Waals surface area (Å²) in [5.74, 6) is 0. The maximum absolute atomic E-state index is 6.36. The van der Waals surface area contributed by atoms with Gasteiger partial charge in [-0.2, -0.15) is 0 Å². The SMILES string of the molecule is CCCOC1CCCN(c2ccc(C(N)=S)cc2Cl)C1. The molecule has 1 unspecified atom stereocenters. The van der Waals surface area contributed by atoms with Gasteiger partial charge in [-0.15, -0.1) is 0 Å². The lowest BCUT2D eigenvalue weighted by molar-refractivity contribution is 0.0440. The molecule has 110 valence electrons. The van der Waals surface area contributed by atoms with E-state index in [9.17, 15) is 0 Å². The van der Waals surface area contributed by atoms with E-state index in [4.69, 9.17) is 34.3 Å². The van der Waals surface area contributed by atoms with Crippen molar-refractivity contribution < 1.29 is 4.74 Å². The highest BCUT2D eigenvalue weighted by atomic mass is 35.5. The van der Waals surface area contributed by atoms with Crippen molar-refractivity contribution in [2.45, 2.75) is 32.3 Å². The normalized spacial score (nSPS) is 19.1. The molecule has 0 aliphatic carbocycles. The fraction of sp³-hybridized carbons (Fsp3) is 0.533. The largest absolute Gasteiger partial charge is 0.389 e. The van der Waals surface area contributed by atoms with Crippen LogP contribution in [-0.2, 0) is 4.74 Å². The van der Waals surface area contributed by atoms with Gasteiger partial charge < -0.3 is 15.4 Å². The minimum atomic E-state index is 0.301. The average molecular weight is 313 g/mol. The van der Waals surface area contributed by atoms with Crippen molar-refractivity contribution in [1.82, 2.24) is 0 Å². The van der Waals surface area contributed by atoms with Crippen LogP contribution in [0.3, 0.4) is 0 Å². The summed E-state index contributed by atoms with van der Waals surface area (Å²) in [5.41, 5.74) is 7.48. The second kappa shape index (κ2) is 7.25. The molecule has 1 saturated heterocycles. The Bertz CT molecular complexity index is 481. The fourth-order valence-electron chi connectivity index (χ4n) is 2.49. The van der Waals surface area contributed by atoms with Crippen molar-refractivity contribution in [3.05, 3.63) is 28.8 Å². The molecule has 1 aromatic rings. The van der Waals surface area contributed by atoms with Crippen molar-refractivity contribution >= 4 is 34.5 Å². The average Bonchev–Trinajstić information content (AvgIpc) is 2.45. The number of ether oxygens (including phenoxy) is 1. The summed E-state index contributed by atoms with van der Waals surface area (Å²) in [5, 5.41) is 0.700. The Kier molecular flexibility index (Phi) is 5.64. The number of benzene rings is 1. The van der Waals surface area contributed by atoms with Crippen LogP contribution in [0.2, 0.25) is 5.02 Å². The van der Waals surface area contributed by atoms with E-state index in [0.717, 1.165) is 50.2 Å². The van der Waals surface area contributed by atoms with Crippen molar-refractivity contribution in [2.24, 2.45) is 5.73 Å². The molecule has 0 radical (unpaired) electrons. The standard InChI is InChI=1S/C15H21ClN2OS/c1-2-8-19-12-4-3-7-18(10-12)14-6-5-11(15(17)20)9-13(14)16/h5-6,9,12H,2-4,7-8,10H2,1H3,(H2,17,20). The molecule has 2 rings (SSSR count). The molecule has 0 amide bonds. The van der Waals surface area contributed by atoms with Gasteiger partial charge in [0, 0.05) is 25.3 Å². The molecule has 0 aromatic heterocycles. The molecule has 5 heteroatoms. The lowest BCUT2D eigenvalue weighted by atomic mass is 10.1.